The number of carbonyl (C=O) groups excluding carboxylic acids is 1. The maximum absolute atomic E-state index is 10.7. The lowest BCUT2D eigenvalue weighted by molar-refractivity contribution is -0.118. The molecule has 0 aliphatic carbocycles. The predicted molar refractivity (Wildman–Crippen MR) is 63.2 cm³/mol. The summed E-state index contributed by atoms with van der Waals surface area (Å²) < 4.78 is 5.33. The van der Waals surface area contributed by atoms with E-state index in [0.717, 1.165) is 25.0 Å². The zero-order valence-electron chi connectivity index (χ0n) is 9.32. The first-order valence-electron chi connectivity index (χ1n) is 5.47. The fourth-order valence-electron chi connectivity index (χ4n) is 1.82. The molecule has 3 heteroatoms. The molecular formula is C13H15NO2. The molecular weight excluding hydrogens is 202 g/mol. The molecule has 0 unspecified atom stereocenters. The van der Waals surface area contributed by atoms with E-state index in [9.17, 15) is 4.79 Å². The van der Waals surface area contributed by atoms with Crippen LogP contribution in [-0.4, -0.2) is 12.5 Å². The van der Waals surface area contributed by atoms with Crippen molar-refractivity contribution < 1.29 is 9.21 Å². The van der Waals surface area contributed by atoms with Crippen molar-refractivity contribution in [3.63, 3.8) is 0 Å². The Morgan fingerprint density at radius 2 is 2.25 bits per heavy atom. The van der Waals surface area contributed by atoms with Gasteiger partial charge in [-0.3, -0.25) is 4.79 Å². The van der Waals surface area contributed by atoms with E-state index in [1.165, 1.54) is 17.9 Å². The predicted octanol–water partition coefficient (Wildman–Crippen LogP) is 2.50. The molecule has 1 heterocycles. The summed E-state index contributed by atoms with van der Waals surface area (Å²) in [7, 11) is 0. The third-order valence-electron chi connectivity index (χ3n) is 2.58. The van der Waals surface area contributed by atoms with Crippen LogP contribution in [0.3, 0.4) is 0 Å². The van der Waals surface area contributed by atoms with Gasteiger partial charge in [-0.25, -0.2) is 0 Å². The molecule has 2 aromatic rings. The van der Waals surface area contributed by atoms with Crippen LogP contribution in [0.5, 0.6) is 0 Å². The highest BCUT2D eigenvalue weighted by Crippen LogP contribution is 2.20. The lowest BCUT2D eigenvalue weighted by Gasteiger charge is -2.03. The molecule has 0 saturated heterocycles. The van der Waals surface area contributed by atoms with Crippen molar-refractivity contribution in [2.45, 2.75) is 19.8 Å². The lowest BCUT2D eigenvalue weighted by atomic mass is 10.1. The second-order valence-electron chi connectivity index (χ2n) is 3.84. The van der Waals surface area contributed by atoms with Gasteiger partial charge in [-0.1, -0.05) is 12.1 Å². The molecule has 0 radical (unpaired) electrons. The summed E-state index contributed by atoms with van der Waals surface area (Å²) in [6.07, 6.45) is 3.61. The van der Waals surface area contributed by atoms with Crippen LogP contribution >= 0.6 is 0 Å². The quantitative estimate of drug-likeness (QED) is 0.799. The van der Waals surface area contributed by atoms with E-state index in [-0.39, 0.29) is 5.91 Å². The average Bonchev–Trinajstić information content (AvgIpc) is 2.72. The zero-order valence-corrected chi connectivity index (χ0v) is 9.32. The third-order valence-corrected chi connectivity index (χ3v) is 2.58. The van der Waals surface area contributed by atoms with Gasteiger partial charge in [-0.05, 0) is 30.5 Å². The standard InChI is InChI=1S/C13H15NO2/c1-10(15)14-8-3-5-11-4-2-6-13-12(11)7-9-16-13/h2,4,6-7,9H,3,5,8H2,1H3,(H,14,15). The van der Waals surface area contributed by atoms with Crippen LogP contribution in [0, 0.1) is 0 Å². The first-order valence-corrected chi connectivity index (χ1v) is 5.47. The smallest absolute Gasteiger partial charge is 0.216 e. The van der Waals surface area contributed by atoms with Gasteiger partial charge in [0.1, 0.15) is 5.58 Å². The highest BCUT2D eigenvalue weighted by atomic mass is 16.3. The van der Waals surface area contributed by atoms with Gasteiger partial charge < -0.3 is 9.73 Å². The minimum atomic E-state index is 0.0292. The number of hydrogen-bond donors (Lipinski definition) is 1. The van der Waals surface area contributed by atoms with E-state index < -0.39 is 0 Å². The van der Waals surface area contributed by atoms with Crippen LogP contribution in [0.15, 0.2) is 34.9 Å². The Hall–Kier alpha value is -1.77. The number of amides is 1. The summed E-state index contributed by atoms with van der Waals surface area (Å²) in [6, 6.07) is 8.06. The molecule has 1 amide bonds. The fraction of sp³-hybridized carbons (Fsp3) is 0.308. The molecule has 0 aliphatic heterocycles. The Bertz CT molecular complexity index is 487. The van der Waals surface area contributed by atoms with E-state index in [4.69, 9.17) is 4.42 Å². The van der Waals surface area contributed by atoms with Crippen molar-refractivity contribution in [3.05, 3.63) is 36.1 Å². The SMILES string of the molecule is CC(=O)NCCCc1cccc2occc12. The molecule has 1 aromatic heterocycles. The normalized spacial score (nSPS) is 10.6. The van der Waals surface area contributed by atoms with E-state index >= 15 is 0 Å². The monoisotopic (exact) mass is 217 g/mol. The number of carbonyl (C=O) groups is 1. The van der Waals surface area contributed by atoms with E-state index in [2.05, 4.69) is 11.4 Å². The molecule has 1 aromatic carbocycles. The number of rotatable bonds is 4. The summed E-state index contributed by atoms with van der Waals surface area (Å²) in [5.41, 5.74) is 2.20. The van der Waals surface area contributed by atoms with Crippen molar-refractivity contribution in [1.29, 1.82) is 0 Å². The van der Waals surface area contributed by atoms with Crippen molar-refractivity contribution in [3.8, 4) is 0 Å². The molecule has 0 aliphatic rings. The molecule has 0 fully saturated rings. The highest BCUT2D eigenvalue weighted by Gasteiger charge is 2.02. The van der Waals surface area contributed by atoms with E-state index in [0.29, 0.717) is 0 Å². The molecule has 0 bridgehead atoms. The van der Waals surface area contributed by atoms with Gasteiger partial charge in [0.25, 0.3) is 0 Å². The van der Waals surface area contributed by atoms with E-state index in [1.54, 1.807) is 6.26 Å². The van der Waals surface area contributed by atoms with Gasteiger partial charge in [0.05, 0.1) is 6.26 Å². The van der Waals surface area contributed by atoms with Gasteiger partial charge >= 0.3 is 0 Å². The molecule has 0 spiro atoms. The summed E-state index contributed by atoms with van der Waals surface area (Å²) >= 11 is 0. The minimum Gasteiger partial charge on any atom is -0.464 e. The molecule has 3 nitrogen and oxygen atoms in total. The number of fused-ring (bicyclic) bond motifs is 1. The number of nitrogens with one attached hydrogen (secondary N) is 1. The van der Waals surface area contributed by atoms with Crippen molar-refractivity contribution in [2.75, 3.05) is 6.54 Å². The van der Waals surface area contributed by atoms with Gasteiger partial charge in [0.15, 0.2) is 0 Å². The van der Waals surface area contributed by atoms with Gasteiger partial charge in [-0.2, -0.15) is 0 Å². The summed E-state index contributed by atoms with van der Waals surface area (Å²) in [6.45, 7) is 2.26. The fourth-order valence-corrected chi connectivity index (χ4v) is 1.82. The lowest BCUT2D eigenvalue weighted by Crippen LogP contribution is -2.21. The maximum Gasteiger partial charge on any atom is 0.216 e. The Morgan fingerprint density at radius 3 is 3.06 bits per heavy atom. The minimum absolute atomic E-state index is 0.0292. The summed E-state index contributed by atoms with van der Waals surface area (Å²) in [5.74, 6) is 0.0292. The molecule has 0 atom stereocenters. The van der Waals surface area contributed by atoms with Crippen molar-refractivity contribution in [1.82, 2.24) is 5.32 Å². The van der Waals surface area contributed by atoms with Crippen LogP contribution in [0.2, 0.25) is 0 Å². The van der Waals surface area contributed by atoms with Crippen LogP contribution in [0.1, 0.15) is 18.9 Å². The second-order valence-corrected chi connectivity index (χ2v) is 3.84. The Kier molecular flexibility index (Phi) is 3.25. The van der Waals surface area contributed by atoms with Crippen molar-refractivity contribution >= 4 is 16.9 Å². The topological polar surface area (TPSA) is 42.2 Å². The number of furan rings is 1. The first-order chi connectivity index (χ1) is 7.77. The highest BCUT2D eigenvalue weighted by molar-refractivity contribution is 5.80. The number of hydrogen-bond acceptors (Lipinski definition) is 2. The molecule has 84 valence electrons. The van der Waals surface area contributed by atoms with Gasteiger partial charge in [0, 0.05) is 18.9 Å². The molecule has 0 saturated carbocycles. The maximum atomic E-state index is 10.7. The zero-order chi connectivity index (χ0) is 11.4. The van der Waals surface area contributed by atoms with Crippen LogP contribution in [-0.2, 0) is 11.2 Å². The summed E-state index contributed by atoms with van der Waals surface area (Å²) in [5, 5.41) is 3.97. The van der Waals surface area contributed by atoms with Gasteiger partial charge in [0.2, 0.25) is 5.91 Å². The van der Waals surface area contributed by atoms with E-state index in [1.807, 2.05) is 18.2 Å². The third kappa shape index (κ3) is 2.42. The number of benzene rings is 1. The van der Waals surface area contributed by atoms with Crippen molar-refractivity contribution in [2.24, 2.45) is 0 Å². The number of aryl methyl sites for hydroxylation is 1. The Morgan fingerprint density at radius 1 is 1.38 bits per heavy atom. The molecule has 16 heavy (non-hydrogen) atoms. The van der Waals surface area contributed by atoms with Gasteiger partial charge in [-0.15, -0.1) is 0 Å². The Balaban J connectivity index is 1.98. The summed E-state index contributed by atoms with van der Waals surface area (Å²) in [4.78, 5) is 10.7. The first kappa shape index (κ1) is 10.7. The van der Waals surface area contributed by atoms with Crippen LogP contribution in [0.4, 0.5) is 0 Å². The van der Waals surface area contributed by atoms with Crippen LogP contribution in [0.25, 0.3) is 11.0 Å². The van der Waals surface area contributed by atoms with Crippen LogP contribution < -0.4 is 5.32 Å². The second kappa shape index (κ2) is 4.84. The largest absolute Gasteiger partial charge is 0.464 e. The molecule has 1 N–H and O–H groups in total. The molecule has 2 rings (SSSR count). The Labute approximate surface area is 94.4 Å². The average molecular weight is 217 g/mol.